The van der Waals surface area contributed by atoms with Gasteiger partial charge in [-0.1, -0.05) is 74.5 Å². The Balaban J connectivity index is 1.77. The molecule has 0 saturated carbocycles. The zero-order valence-electron chi connectivity index (χ0n) is 19.8. The fraction of sp³-hybridized carbons (Fsp3) is 0.346. The summed E-state index contributed by atoms with van der Waals surface area (Å²) >= 11 is 1.14. The van der Waals surface area contributed by atoms with Crippen LogP contribution in [0.3, 0.4) is 0 Å². The molecular formula is C26H32N4O4S. The summed E-state index contributed by atoms with van der Waals surface area (Å²) in [5.41, 5.74) is 7.57. The van der Waals surface area contributed by atoms with E-state index in [9.17, 15) is 19.8 Å². The number of aliphatic hydroxyl groups is 2. The average Bonchev–Trinajstić information content (AvgIpc) is 3.29. The molecule has 35 heavy (non-hydrogen) atoms. The molecule has 0 aliphatic carbocycles. The smallest absolute Gasteiger partial charge is 0.271 e. The highest BCUT2D eigenvalue weighted by Crippen LogP contribution is 2.22. The molecule has 3 aromatic rings. The summed E-state index contributed by atoms with van der Waals surface area (Å²) in [6.45, 7) is 3.93. The van der Waals surface area contributed by atoms with Crippen LogP contribution < -0.4 is 16.4 Å². The van der Waals surface area contributed by atoms with Gasteiger partial charge in [0.2, 0.25) is 5.91 Å². The second-order valence-corrected chi connectivity index (χ2v) is 9.68. The van der Waals surface area contributed by atoms with Crippen LogP contribution in [-0.2, 0) is 17.8 Å². The first kappa shape index (κ1) is 26.3. The molecule has 2 aromatic carbocycles. The molecule has 6 N–H and O–H groups in total. The number of amides is 2. The number of aliphatic hydroxyl groups excluding tert-OH is 2. The Morgan fingerprint density at radius 2 is 1.57 bits per heavy atom. The van der Waals surface area contributed by atoms with Gasteiger partial charge in [0.15, 0.2) is 5.13 Å². The second-order valence-electron chi connectivity index (χ2n) is 8.80. The first-order valence-electron chi connectivity index (χ1n) is 11.5. The van der Waals surface area contributed by atoms with E-state index >= 15 is 0 Å². The lowest BCUT2D eigenvalue weighted by Gasteiger charge is -2.33. The average molecular weight is 497 g/mol. The molecule has 0 aliphatic rings. The highest BCUT2D eigenvalue weighted by atomic mass is 32.1. The Kier molecular flexibility index (Phi) is 9.36. The number of rotatable bonds is 11. The van der Waals surface area contributed by atoms with Crippen molar-refractivity contribution in [3.8, 4) is 0 Å². The predicted molar refractivity (Wildman–Crippen MR) is 137 cm³/mol. The van der Waals surface area contributed by atoms with Gasteiger partial charge in [0.25, 0.3) is 5.91 Å². The van der Waals surface area contributed by atoms with E-state index in [1.54, 1.807) is 0 Å². The minimum Gasteiger partial charge on any atom is -0.390 e. The molecule has 1 heterocycles. The van der Waals surface area contributed by atoms with E-state index in [4.69, 9.17) is 5.73 Å². The molecule has 8 nitrogen and oxygen atoms in total. The zero-order chi connectivity index (χ0) is 25.4. The predicted octanol–water partition coefficient (Wildman–Crippen LogP) is 2.38. The molecule has 4 atom stereocenters. The fourth-order valence-corrected chi connectivity index (χ4v) is 4.51. The standard InChI is InChI=1S/C26H32N4O4S/c1-16(2)21(25(34)28-14-18-11-7-4-8-12-18)23(32)22(31)19(13-17-9-5-3-6-10-17)29-24(33)20-15-35-26(27)30-20/h3-12,15-16,19,21-23,31-32H,13-14H2,1-2H3,(H2,27,30)(H,28,34)(H,29,33)/t19-,21+,22+,23+/m0/s1. The van der Waals surface area contributed by atoms with Crippen LogP contribution in [0.25, 0.3) is 0 Å². The maximum absolute atomic E-state index is 13.0. The van der Waals surface area contributed by atoms with Gasteiger partial charge in [-0.15, -0.1) is 11.3 Å². The van der Waals surface area contributed by atoms with Gasteiger partial charge in [0.05, 0.1) is 18.1 Å². The molecule has 0 fully saturated rings. The topological polar surface area (TPSA) is 138 Å². The molecule has 0 saturated heterocycles. The fourth-order valence-electron chi connectivity index (χ4n) is 3.96. The Labute approximate surface area is 209 Å². The molecule has 0 unspecified atom stereocenters. The van der Waals surface area contributed by atoms with Gasteiger partial charge < -0.3 is 26.6 Å². The number of thiazole rings is 1. The third-order valence-electron chi connectivity index (χ3n) is 5.83. The van der Waals surface area contributed by atoms with Crippen molar-refractivity contribution in [3.05, 3.63) is 82.9 Å². The highest BCUT2D eigenvalue weighted by molar-refractivity contribution is 7.13. The van der Waals surface area contributed by atoms with Gasteiger partial charge in [-0.3, -0.25) is 9.59 Å². The normalized spacial score (nSPS) is 14.7. The van der Waals surface area contributed by atoms with Crippen molar-refractivity contribution in [2.24, 2.45) is 11.8 Å². The lowest BCUT2D eigenvalue weighted by Crippen LogP contribution is -2.55. The molecule has 9 heteroatoms. The third-order valence-corrected chi connectivity index (χ3v) is 6.50. The Morgan fingerprint density at radius 3 is 2.11 bits per heavy atom. The first-order chi connectivity index (χ1) is 16.8. The maximum atomic E-state index is 13.0. The molecule has 0 radical (unpaired) electrons. The van der Waals surface area contributed by atoms with Gasteiger partial charge in [-0.25, -0.2) is 4.98 Å². The monoisotopic (exact) mass is 496 g/mol. The summed E-state index contributed by atoms with van der Waals surface area (Å²) < 4.78 is 0. The van der Waals surface area contributed by atoms with Crippen molar-refractivity contribution in [1.82, 2.24) is 15.6 Å². The summed E-state index contributed by atoms with van der Waals surface area (Å²) in [5.74, 6) is -2.03. The number of carbonyl (C=O) groups excluding carboxylic acids is 2. The molecular weight excluding hydrogens is 464 g/mol. The summed E-state index contributed by atoms with van der Waals surface area (Å²) in [5, 5.41) is 29.8. The zero-order valence-corrected chi connectivity index (χ0v) is 20.6. The van der Waals surface area contributed by atoms with Crippen LogP contribution in [0.1, 0.15) is 35.5 Å². The number of nitrogens with one attached hydrogen (secondary N) is 2. The van der Waals surface area contributed by atoms with Gasteiger partial charge in [-0.05, 0) is 23.5 Å². The van der Waals surface area contributed by atoms with Crippen molar-refractivity contribution in [3.63, 3.8) is 0 Å². The Bertz CT molecular complexity index is 1090. The highest BCUT2D eigenvalue weighted by Gasteiger charge is 2.38. The number of anilines is 1. The van der Waals surface area contributed by atoms with E-state index < -0.39 is 30.1 Å². The summed E-state index contributed by atoms with van der Waals surface area (Å²) in [4.78, 5) is 29.8. The molecule has 2 amide bonds. The number of carbonyl (C=O) groups is 2. The number of hydrogen-bond acceptors (Lipinski definition) is 7. The third kappa shape index (κ3) is 7.35. The molecule has 0 aliphatic heterocycles. The summed E-state index contributed by atoms with van der Waals surface area (Å²) in [6.07, 6.45) is -2.58. The number of benzene rings is 2. The number of hydrogen-bond donors (Lipinski definition) is 5. The quantitative estimate of drug-likeness (QED) is 0.276. The van der Waals surface area contributed by atoms with Gasteiger partial charge in [0.1, 0.15) is 11.8 Å². The van der Waals surface area contributed by atoms with Gasteiger partial charge in [-0.2, -0.15) is 0 Å². The minimum atomic E-state index is -1.42. The van der Waals surface area contributed by atoms with Crippen LogP contribution in [-0.4, -0.2) is 45.3 Å². The molecule has 186 valence electrons. The number of aromatic nitrogens is 1. The number of nitrogen functional groups attached to an aromatic ring is 1. The maximum Gasteiger partial charge on any atom is 0.271 e. The van der Waals surface area contributed by atoms with E-state index in [-0.39, 0.29) is 29.1 Å². The van der Waals surface area contributed by atoms with Crippen molar-refractivity contribution in [2.45, 2.75) is 45.1 Å². The number of nitrogens with two attached hydrogens (primary N) is 1. The van der Waals surface area contributed by atoms with Crippen LogP contribution in [0, 0.1) is 11.8 Å². The van der Waals surface area contributed by atoms with Gasteiger partial charge >= 0.3 is 0 Å². The molecule has 0 spiro atoms. The lowest BCUT2D eigenvalue weighted by molar-refractivity contribution is -0.135. The molecule has 1 aromatic heterocycles. The largest absolute Gasteiger partial charge is 0.390 e. The van der Waals surface area contributed by atoms with E-state index in [1.807, 2.05) is 74.5 Å². The van der Waals surface area contributed by atoms with Crippen LogP contribution >= 0.6 is 11.3 Å². The summed E-state index contributed by atoms with van der Waals surface area (Å²) in [7, 11) is 0. The Morgan fingerprint density at radius 1 is 0.971 bits per heavy atom. The molecule has 3 rings (SSSR count). The van der Waals surface area contributed by atoms with Crippen molar-refractivity contribution >= 4 is 28.3 Å². The minimum absolute atomic E-state index is 0.133. The van der Waals surface area contributed by atoms with Crippen LogP contribution in [0.4, 0.5) is 5.13 Å². The SMILES string of the molecule is CC(C)[C@@H](C(=O)NCc1ccccc1)[C@@H](O)[C@H](O)[C@H](Cc1ccccc1)NC(=O)c1csc(N)n1. The van der Waals surface area contributed by atoms with E-state index in [1.165, 1.54) is 5.38 Å². The Hall–Kier alpha value is -3.27. The van der Waals surface area contributed by atoms with Crippen LogP contribution in [0.2, 0.25) is 0 Å². The number of nitrogens with zero attached hydrogens (tertiary/aromatic N) is 1. The first-order valence-corrected chi connectivity index (χ1v) is 12.4. The van der Waals surface area contributed by atoms with Crippen molar-refractivity contribution in [1.29, 1.82) is 0 Å². The van der Waals surface area contributed by atoms with Crippen molar-refractivity contribution in [2.75, 3.05) is 5.73 Å². The second kappa shape index (κ2) is 12.4. The molecule has 0 bridgehead atoms. The van der Waals surface area contributed by atoms with E-state index in [2.05, 4.69) is 15.6 Å². The van der Waals surface area contributed by atoms with Crippen LogP contribution in [0.5, 0.6) is 0 Å². The van der Waals surface area contributed by atoms with Crippen molar-refractivity contribution < 1.29 is 19.8 Å². The summed E-state index contributed by atoms with van der Waals surface area (Å²) in [6, 6.07) is 17.9. The lowest BCUT2D eigenvalue weighted by atomic mass is 9.83. The van der Waals surface area contributed by atoms with Crippen LogP contribution in [0.15, 0.2) is 66.0 Å². The van der Waals surface area contributed by atoms with E-state index in [0.29, 0.717) is 6.54 Å². The van der Waals surface area contributed by atoms with E-state index in [0.717, 1.165) is 22.5 Å². The van der Waals surface area contributed by atoms with Gasteiger partial charge in [0, 0.05) is 11.9 Å².